The van der Waals surface area contributed by atoms with Gasteiger partial charge in [0.15, 0.2) is 34.5 Å². The number of allylic oxidation sites excluding steroid dienone is 2. The van der Waals surface area contributed by atoms with Gasteiger partial charge in [0, 0.05) is 79.4 Å². The van der Waals surface area contributed by atoms with Gasteiger partial charge in [0.05, 0.1) is 49.2 Å². The number of rotatable bonds is 5. The summed E-state index contributed by atoms with van der Waals surface area (Å²) >= 11 is 0. The lowest BCUT2D eigenvalue weighted by atomic mass is 9.66. The van der Waals surface area contributed by atoms with E-state index < -0.39 is 211 Å². The normalized spacial score (nSPS) is 25.0. The Morgan fingerprint density at radius 1 is 0.478 bits per heavy atom. The summed E-state index contributed by atoms with van der Waals surface area (Å²) in [6.07, 6.45) is -9.20. The van der Waals surface area contributed by atoms with Crippen LogP contribution in [0.2, 0.25) is 0 Å². The van der Waals surface area contributed by atoms with Crippen LogP contribution >= 0.6 is 0 Å². The van der Waals surface area contributed by atoms with E-state index >= 15 is 9.59 Å². The van der Waals surface area contributed by atoms with Crippen molar-refractivity contribution < 1.29 is 104 Å². The van der Waals surface area contributed by atoms with Gasteiger partial charge in [-0.3, -0.25) is 28.8 Å². The zero-order chi connectivity index (χ0) is 50.7. The van der Waals surface area contributed by atoms with Crippen molar-refractivity contribution in [2.45, 2.75) is 56.4 Å². The Hall–Kier alpha value is -7.92. The number of hydrogen-bond donors (Lipinski definition) is 12. The zero-order valence-electron chi connectivity index (χ0n) is 36.7. The molecule has 0 heterocycles. The Morgan fingerprint density at radius 3 is 1.41 bits per heavy atom. The fraction of sp³-hybridized carbons (Fsp3) is 0.250. The van der Waals surface area contributed by atoms with E-state index in [1.54, 1.807) is 0 Å². The number of methoxy groups -OCH3 is 3. The number of aryl methyl sites for hydroxylation is 1. The molecule has 0 spiro atoms. The second kappa shape index (κ2) is 14.8. The minimum Gasteiger partial charge on any atom is -0.509 e. The highest BCUT2D eigenvalue weighted by Crippen LogP contribution is 2.57. The molecule has 4 aromatic carbocycles. The first-order valence-corrected chi connectivity index (χ1v) is 20.5. The van der Waals surface area contributed by atoms with Crippen LogP contribution in [0, 0.1) is 6.92 Å². The quantitative estimate of drug-likeness (QED) is 0.119. The van der Waals surface area contributed by atoms with E-state index in [0.29, 0.717) is 0 Å². The van der Waals surface area contributed by atoms with Gasteiger partial charge in [0.1, 0.15) is 81.8 Å². The number of carbonyl (C=O) groups excluding carboxylic acids is 6. The van der Waals surface area contributed by atoms with Crippen LogP contribution in [-0.4, -0.2) is 153 Å². The Kier molecular flexibility index (Phi) is 9.90. The van der Waals surface area contributed by atoms with E-state index in [2.05, 4.69) is 0 Å². The van der Waals surface area contributed by atoms with Crippen LogP contribution in [0.5, 0.6) is 40.2 Å². The molecule has 0 aliphatic heterocycles. The molecule has 21 nitrogen and oxygen atoms in total. The molecular weight excluding hydrogens is 913 g/mol. The molecule has 0 bridgehead atoms. The van der Waals surface area contributed by atoms with Gasteiger partial charge < -0.3 is 75.5 Å². The average Bonchev–Trinajstić information content (AvgIpc) is 3.30. The van der Waals surface area contributed by atoms with Crippen molar-refractivity contribution in [3.8, 4) is 62.5 Å². The second-order valence-electron chi connectivity index (χ2n) is 17.4. The third-order valence-corrected chi connectivity index (χ3v) is 13.6. The topological polar surface area (TPSA) is 373 Å². The first-order chi connectivity index (χ1) is 32.2. The fourth-order valence-corrected chi connectivity index (χ4v) is 10.0. The largest absolute Gasteiger partial charge is 0.509 e. The van der Waals surface area contributed by atoms with Gasteiger partial charge in [0.25, 0.3) is 0 Å². The lowest BCUT2D eigenvalue weighted by Crippen LogP contribution is -2.61. The van der Waals surface area contributed by atoms with Crippen molar-refractivity contribution in [1.82, 2.24) is 0 Å². The van der Waals surface area contributed by atoms with Crippen LogP contribution in [0.3, 0.4) is 0 Å². The molecule has 12 N–H and O–H groups in total. The standard InChI is InChI=1S/C48H38O21/c1-11-7-12-19(26(34(11)52)25-18(69-6)10-15(51)22-29(25)40(58)33-31(38(22)56)42(60)46(64)48(3,66)44(33)62)36(54)20-13(49)8-16(67-4)23(27(20)35(12)53)24-17(68-5)9-14(50)21-28(24)39(57)32-30(37(21)55)41(59)45(63)47(2,65)43(32)61/h7-10,41,43,45-46,49-52,59-66H,1-6H3/t41-,43+,45+,46+,47-,48-/m0/s1. The second-order valence-corrected chi connectivity index (χ2v) is 17.4. The summed E-state index contributed by atoms with van der Waals surface area (Å²) in [5, 5.41) is 134. The number of hydrogen-bond acceptors (Lipinski definition) is 21. The number of fused-ring (bicyclic) bond motifs is 5. The fourth-order valence-electron chi connectivity index (χ4n) is 10.0. The van der Waals surface area contributed by atoms with E-state index in [1.807, 2.05) is 0 Å². The Balaban J connectivity index is 1.37. The number of aromatic hydroxyl groups is 4. The molecule has 4 aromatic rings. The molecule has 21 heteroatoms. The van der Waals surface area contributed by atoms with E-state index in [-0.39, 0.29) is 5.56 Å². The third-order valence-electron chi connectivity index (χ3n) is 13.6. The molecule has 6 atom stereocenters. The minimum atomic E-state index is -2.78. The van der Waals surface area contributed by atoms with Gasteiger partial charge in [-0.25, -0.2) is 0 Å². The highest BCUT2D eigenvalue weighted by Gasteiger charge is 2.57. The first-order valence-electron chi connectivity index (χ1n) is 20.5. The van der Waals surface area contributed by atoms with Gasteiger partial charge in [-0.1, -0.05) is 0 Å². The maximum absolute atomic E-state index is 15.4. The molecule has 0 radical (unpaired) electrons. The zero-order valence-corrected chi connectivity index (χ0v) is 36.7. The maximum Gasteiger partial charge on any atom is 0.201 e. The molecule has 0 saturated carbocycles. The highest BCUT2D eigenvalue weighted by atomic mass is 16.5. The molecular formula is C48H38O21. The molecule has 356 valence electrons. The SMILES string of the molecule is COc1cc(O)c2c(c1-c1c(OC)cc(O)c3c1C(=O)c1cc(C)c(O)c(-c4c(OC)cc(O)c5c4C(=O)C4=C(O)[C@](C)(O)[C@H](O)C(O)=C4C5=O)c1C3=O)C(=O)C1=C(C2=O)[C@H](O)[C@@H](O)[C@@](C)(O)[C@@H]1O. The molecule has 0 amide bonds. The van der Waals surface area contributed by atoms with E-state index in [9.17, 15) is 80.5 Å². The van der Waals surface area contributed by atoms with Gasteiger partial charge in [0.2, 0.25) is 5.78 Å². The predicted molar refractivity (Wildman–Crippen MR) is 231 cm³/mol. The molecule has 5 aliphatic carbocycles. The number of phenols is 4. The highest BCUT2D eigenvalue weighted by molar-refractivity contribution is 6.38. The smallest absolute Gasteiger partial charge is 0.201 e. The van der Waals surface area contributed by atoms with E-state index in [1.165, 1.54) is 6.92 Å². The summed E-state index contributed by atoms with van der Waals surface area (Å²) in [7, 11) is 3.13. The average molecular weight is 951 g/mol. The number of carbonyl (C=O) groups is 6. The van der Waals surface area contributed by atoms with Crippen molar-refractivity contribution in [2.24, 2.45) is 0 Å². The molecule has 0 aromatic heterocycles. The van der Waals surface area contributed by atoms with Crippen molar-refractivity contribution in [2.75, 3.05) is 21.3 Å². The Labute approximate surface area is 386 Å². The maximum atomic E-state index is 15.4. The van der Waals surface area contributed by atoms with Crippen LogP contribution in [0.15, 0.2) is 58.1 Å². The van der Waals surface area contributed by atoms with Crippen LogP contribution in [0.25, 0.3) is 22.3 Å². The lowest BCUT2D eigenvalue weighted by Gasteiger charge is -2.44. The summed E-state index contributed by atoms with van der Waals surface area (Å²) < 4.78 is 16.7. The van der Waals surface area contributed by atoms with Crippen LogP contribution in [0.4, 0.5) is 0 Å². The van der Waals surface area contributed by atoms with Crippen molar-refractivity contribution in [1.29, 1.82) is 0 Å². The Bertz CT molecular complexity index is 3320. The van der Waals surface area contributed by atoms with E-state index in [0.717, 1.165) is 59.4 Å². The van der Waals surface area contributed by atoms with Gasteiger partial charge in [-0.15, -0.1) is 0 Å². The number of phenolic OH excluding ortho intramolecular Hbond substituents is 4. The van der Waals surface area contributed by atoms with Gasteiger partial charge in [-0.2, -0.15) is 0 Å². The number of benzene rings is 4. The summed E-state index contributed by atoms with van der Waals surface area (Å²) in [5.74, 6) is -15.8. The summed E-state index contributed by atoms with van der Waals surface area (Å²) in [6, 6.07) is 3.48. The third kappa shape index (κ3) is 5.61. The number of ether oxygens (including phenoxy) is 3. The first kappa shape index (κ1) is 46.2. The molecule has 0 fully saturated rings. The molecule has 5 aliphatic rings. The van der Waals surface area contributed by atoms with Crippen molar-refractivity contribution in [3.63, 3.8) is 0 Å². The van der Waals surface area contributed by atoms with E-state index in [4.69, 9.17) is 14.2 Å². The van der Waals surface area contributed by atoms with Crippen molar-refractivity contribution >= 4 is 34.7 Å². The molecule has 9 rings (SSSR count). The summed E-state index contributed by atoms with van der Waals surface area (Å²) in [4.78, 5) is 88.8. The molecule has 69 heavy (non-hydrogen) atoms. The van der Waals surface area contributed by atoms with Gasteiger partial charge >= 0.3 is 0 Å². The van der Waals surface area contributed by atoms with Crippen LogP contribution in [0.1, 0.15) is 92.7 Å². The lowest BCUT2D eigenvalue weighted by molar-refractivity contribution is -0.158. The van der Waals surface area contributed by atoms with Crippen LogP contribution < -0.4 is 14.2 Å². The predicted octanol–water partition coefficient (Wildman–Crippen LogP) is 1.60. The molecule has 0 saturated heterocycles. The summed E-state index contributed by atoms with van der Waals surface area (Å²) in [6.45, 7) is 2.95. The van der Waals surface area contributed by atoms with Gasteiger partial charge in [-0.05, 0) is 32.4 Å². The Morgan fingerprint density at radius 2 is 0.899 bits per heavy atom. The number of Topliss-reactive ketones (excluding diaryl/α,β-unsaturated/α-hetero) is 4. The van der Waals surface area contributed by atoms with Crippen molar-refractivity contribution in [3.05, 3.63) is 108 Å². The minimum absolute atomic E-state index is 0.205. The number of ketones is 6. The monoisotopic (exact) mass is 950 g/mol. The van der Waals surface area contributed by atoms with Crippen LogP contribution in [-0.2, 0) is 0 Å². The number of aliphatic hydroxyl groups excluding tert-OH is 6. The molecule has 0 unspecified atom stereocenters. The summed E-state index contributed by atoms with van der Waals surface area (Å²) in [5.41, 5.74) is -18.5. The number of aliphatic hydroxyl groups is 8.